The fourth-order valence-corrected chi connectivity index (χ4v) is 5.18. The Morgan fingerprint density at radius 1 is 0.872 bits per heavy atom. The predicted octanol–water partition coefficient (Wildman–Crippen LogP) is 3.70. The zero-order chi connectivity index (χ0) is 28.3. The van der Waals surface area contributed by atoms with Crippen LogP contribution in [0.25, 0.3) is 0 Å². The summed E-state index contributed by atoms with van der Waals surface area (Å²) in [4.78, 5) is 28.2. The van der Waals surface area contributed by atoms with Crippen LogP contribution >= 0.6 is 0 Å². The molecule has 0 saturated heterocycles. The molecule has 0 radical (unpaired) electrons. The lowest BCUT2D eigenvalue weighted by Gasteiger charge is -2.29. The predicted molar refractivity (Wildman–Crippen MR) is 152 cm³/mol. The molecule has 3 rings (SSSR count). The number of carbonyl (C=O) groups excluding carboxylic acids is 2. The van der Waals surface area contributed by atoms with Gasteiger partial charge in [0, 0.05) is 26.1 Å². The van der Waals surface area contributed by atoms with Crippen LogP contribution in [-0.4, -0.2) is 51.4 Å². The molecule has 0 unspecified atom stereocenters. The first-order chi connectivity index (χ1) is 18.7. The van der Waals surface area contributed by atoms with Crippen molar-refractivity contribution in [2.45, 2.75) is 50.6 Å². The van der Waals surface area contributed by atoms with Crippen molar-refractivity contribution in [2.24, 2.45) is 0 Å². The molecule has 8 nitrogen and oxygen atoms in total. The highest BCUT2D eigenvalue weighted by Gasteiger charge is 2.26. The number of sulfonamides is 1. The smallest absolute Gasteiger partial charge is 0.242 e. The van der Waals surface area contributed by atoms with Crippen LogP contribution in [0.2, 0.25) is 0 Å². The summed E-state index contributed by atoms with van der Waals surface area (Å²) < 4.78 is 32.0. The van der Waals surface area contributed by atoms with Gasteiger partial charge in [0.25, 0.3) is 0 Å². The molecule has 0 aliphatic heterocycles. The maximum absolute atomic E-state index is 13.4. The Hall–Kier alpha value is -3.69. The van der Waals surface area contributed by atoms with Crippen molar-refractivity contribution in [2.75, 3.05) is 20.2 Å². The summed E-state index contributed by atoms with van der Waals surface area (Å²) in [5.41, 5.74) is 2.85. The number of aryl methyl sites for hydroxylation is 1. The molecular formula is C30H37N3O5S. The average Bonchev–Trinajstić information content (AvgIpc) is 2.95. The SMILES string of the molecule is CCNS(=O)(=O)c1ccc(CCC(=O)N(Cc2ccccc2)[C@@H](C)C(=O)NCCc2ccc(OC)cc2)cc1. The number of methoxy groups -OCH3 is 1. The molecule has 208 valence electrons. The van der Waals surface area contributed by atoms with Crippen LogP contribution < -0.4 is 14.8 Å². The summed E-state index contributed by atoms with van der Waals surface area (Å²) in [5, 5.41) is 2.96. The second-order valence-electron chi connectivity index (χ2n) is 9.22. The zero-order valence-corrected chi connectivity index (χ0v) is 23.5. The first-order valence-corrected chi connectivity index (χ1v) is 14.5. The third-order valence-corrected chi connectivity index (χ3v) is 7.99. The normalized spacial score (nSPS) is 12.0. The number of carbonyl (C=O) groups is 2. The van der Waals surface area contributed by atoms with E-state index in [1.807, 2.05) is 54.6 Å². The highest BCUT2D eigenvalue weighted by Crippen LogP contribution is 2.16. The van der Waals surface area contributed by atoms with E-state index in [1.165, 1.54) is 0 Å². The molecule has 2 amide bonds. The minimum Gasteiger partial charge on any atom is -0.497 e. The number of hydrogen-bond donors (Lipinski definition) is 2. The number of hydrogen-bond acceptors (Lipinski definition) is 5. The van der Waals surface area contributed by atoms with E-state index in [-0.39, 0.29) is 23.1 Å². The second-order valence-corrected chi connectivity index (χ2v) is 11.0. The summed E-state index contributed by atoms with van der Waals surface area (Å²) in [5.74, 6) is 0.410. The molecule has 0 spiro atoms. The summed E-state index contributed by atoms with van der Waals surface area (Å²) in [6, 6.07) is 23.1. The summed E-state index contributed by atoms with van der Waals surface area (Å²) in [7, 11) is -1.91. The van der Waals surface area contributed by atoms with Crippen LogP contribution in [0.1, 0.15) is 37.0 Å². The van der Waals surface area contributed by atoms with E-state index in [4.69, 9.17) is 4.74 Å². The zero-order valence-electron chi connectivity index (χ0n) is 22.7. The van der Waals surface area contributed by atoms with E-state index in [1.54, 1.807) is 50.1 Å². The Morgan fingerprint density at radius 3 is 2.10 bits per heavy atom. The van der Waals surface area contributed by atoms with Crippen molar-refractivity contribution in [3.05, 3.63) is 95.6 Å². The Kier molecular flexibility index (Phi) is 11.1. The summed E-state index contributed by atoms with van der Waals surface area (Å²) in [6.45, 7) is 4.53. The third kappa shape index (κ3) is 8.94. The highest BCUT2D eigenvalue weighted by atomic mass is 32.2. The topological polar surface area (TPSA) is 105 Å². The highest BCUT2D eigenvalue weighted by molar-refractivity contribution is 7.89. The summed E-state index contributed by atoms with van der Waals surface area (Å²) >= 11 is 0. The van der Waals surface area contributed by atoms with Crippen molar-refractivity contribution in [1.82, 2.24) is 14.9 Å². The first kappa shape index (κ1) is 29.9. The van der Waals surface area contributed by atoms with Gasteiger partial charge in [-0.15, -0.1) is 0 Å². The van der Waals surface area contributed by atoms with Gasteiger partial charge in [0.05, 0.1) is 12.0 Å². The number of nitrogens with one attached hydrogen (secondary N) is 2. The molecule has 0 aliphatic carbocycles. The van der Waals surface area contributed by atoms with Gasteiger partial charge in [-0.2, -0.15) is 0 Å². The Bertz CT molecular complexity index is 1310. The van der Waals surface area contributed by atoms with Crippen LogP contribution in [-0.2, 0) is 39.0 Å². The maximum Gasteiger partial charge on any atom is 0.242 e. The molecule has 9 heteroatoms. The van der Waals surface area contributed by atoms with Gasteiger partial charge >= 0.3 is 0 Å². The van der Waals surface area contributed by atoms with Crippen molar-refractivity contribution < 1.29 is 22.7 Å². The largest absolute Gasteiger partial charge is 0.497 e. The van der Waals surface area contributed by atoms with E-state index in [9.17, 15) is 18.0 Å². The van der Waals surface area contributed by atoms with Gasteiger partial charge in [-0.25, -0.2) is 13.1 Å². The second kappa shape index (κ2) is 14.5. The molecule has 0 aliphatic rings. The van der Waals surface area contributed by atoms with Gasteiger partial charge in [-0.1, -0.05) is 61.5 Å². The lowest BCUT2D eigenvalue weighted by atomic mass is 10.1. The monoisotopic (exact) mass is 551 g/mol. The quantitative estimate of drug-likeness (QED) is 0.318. The Labute approximate surface area is 231 Å². The average molecular weight is 552 g/mol. The molecular weight excluding hydrogens is 514 g/mol. The van der Waals surface area contributed by atoms with Gasteiger partial charge < -0.3 is 15.0 Å². The van der Waals surface area contributed by atoms with Gasteiger partial charge in [-0.05, 0) is 60.7 Å². The van der Waals surface area contributed by atoms with Crippen LogP contribution in [0.3, 0.4) is 0 Å². The molecule has 1 atom stereocenters. The minimum atomic E-state index is -3.53. The molecule has 3 aromatic carbocycles. The molecule has 0 fully saturated rings. The van der Waals surface area contributed by atoms with Crippen molar-refractivity contribution in [3.63, 3.8) is 0 Å². The molecule has 2 N–H and O–H groups in total. The van der Waals surface area contributed by atoms with Crippen LogP contribution in [0, 0.1) is 0 Å². The summed E-state index contributed by atoms with van der Waals surface area (Å²) in [6.07, 6.45) is 1.28. The molecule has 3 aromatic rings. The molecule has 39 heavy (non-hydrogen) atoms. The van der Waals surface area contributed by atoms with Crippen molar-refractivity contribution in [3.8, 4) is 5.75 Å². The molecule has 0 saturated carbocycles. The van der Waals surface area contributed by atoms with Crippen LogP contribution in [0.4, 0.5) is 0 Å². The van der Waals surface area contributed by atoms with Crippen LogP contribution in [0.5, 0.6) is 5.75 Å². The lowest BCUT2D eigenvalue weighted by Crippen LogP contribution is -2.48. The number of rotatable bonds is 14. The molecule has 0 aromatic heterocycles. The Balaban J connectivity index is 1.63. The maximum atomic E-state index is 13.4. The fraction of sp³-hybridized carbons (Fsp3) is 0.333. The van der Waals surface area contributed by atoms with Gasteiger partial charge in [0.15, 0.2) is 0 Å². The number of amides is 2. The molecule has 0 heterocycles. The Morgan fingerprint density at radius 2 is 1.49 bits per heavy atom. The van der Waals surface area contributed by atoms with Crippen molar-refractivity contribution >= 4 is 21.8 Å². The number of ether oxygens (including phenoxy) is 1. The van der Waals surface area contributed by atoms with Gasteiger partial charge in [0.1, 0.15) is 11.8 Å². The van der Waals surface area contributed by atoms with E-state index in [0.29, 0.717) is 32.5 Å². The standard InChI is InChI=1S/C30H37N3O5S/c1-4-32-39(36,37)28-17-12-24(13-18-28)14-19-29(34)33(22-26-8-6-5-7-9-26)23(2)30(35)31-21-20-25-10-15-27(38-3)16-11-25/h5-13,15-18,23,32H,4,14,19-22H2,1-3H3,(H,31,35)/t23-/m0/s1. The minimum absolute atomic E-state index is 0.152. The van der Waals surface area contributed by atoms with Gasteiger partial charge in [0.2, 0.25) is 21.8 Å². The molecule has 0 bridgehead atoms. The number of benzene rings is 3. The van der Waals surface area contributed by atoms with Gasteiger partial charge in [-0.3, -0.25) is 9.59 Å². The van der Waals surface area contributed by atoms with Crippen molar-refractivity contribution in [1.29, 1.82) is 0 Å². The van der Waals surface area contributed by atoms with E-state index in [0.717, 1.165) is 22.4 Å². The third-order valence-electron chi connectivity index (χ3n) is 6.43. The fourth-order valence-electron chi connectivity index (χ4n) is 4.14. The van der Waals surface area contributed by atoms with E-state index in [2.05, 4.69) is 10.0 Å². The van der Waals surface area contributed by atoms with E-state index < -0.39 is 16.1 Å². The van der Waals surface area contributed by atoms with Crippen LogP contribution in [0.15, 0.2) is 83.8 Å². The van der Waals surface area contributed by atoms with E-state index >= 15 is 0 Å². The lowest BCUT2D eigenvalue weighted by molar-refractivity contribution is -0.140. The number of nitrogens with zero attached hydrogens (tertiary/aromatic N) is 1. The first-order valence-electron chi connectivity index (χ1n) is 13.1.